The Morgan fingerprint density at radius 2 is 1.89 bits per heavy atom. The number of hydrogen-bond acceptors (Lipinski definition) is 1. The van der Waals surface area contributed by atoms with Crippen molar-refractivity contribution < 1.29 is 0 Å². The van der Waals surface area contributed by atoms with Crippen LogP contribution >= 0.6 is 0 Å². The fraction of sp³-hybridized carbons (Fsp3) is 0.647. The van der Waals surface area contributed by atoms with Gasteiger partial charge in [0.15, 0.2) is 0 Å². The summed E-state index contributed by atoms with van der Waals surface area (Å²) < 4.78 is 0. The Morgan fingerprint density at radius 1 is 1.11 bits per heavy atom. The van der Waals surface area contributed by atoms with Gasteiger partial charge in [-0.15, -0.1) is 0 Å². The quantitative estimate of drug-likeness (QED) is 0.848. The SMILES string of the molecule is CC(C)C1CNCCC1c1cccc(C2CC2)c1. The fourth-order valence-electron chi connectivity index (χ4n) is 3.46. The van der Waals surface area contributed by atoms with E-state index in [1.54, 1.807) is 11.1 Å². The van der Waals surface area contributed by atoms with E-state index in [0.717, 1.165) is 23.7 Å². The van der Waals surface area contributed by atoms with E-state index >= 15 is 0 Å². The standard InChI is InChI=1S/C17H25N/c1-12(2)17-11-18-9-8-16(17)15-5-3-4-14(10-15)13-6-7-13/h3-5,10,12-13,16-18H,6-9,11H2,1-2H3. The summed E-state index contributed by atoms with van der Waals surface area (Å²) in [6, 6.07) is 9.47. The average molecular weight is 243 g/mol. The molecule has 2 atom stereocenters. The summed E-state index contributed by atoms with van der Waals surface area (Å²) >= 11 is 0. The van der Waals surface area contributed by atoms with Gasteiger partial charge in [0, 0.05) is 0 Å². The van der Waals surface area contributed by atoms with Crippen molar-refractivity contribution in [2.75, 3.05) is 13.1 Å². The lowest BCUT2D eigenvalue weighted by atomic mass is 9.75. The second-order valence-electron chi connectivity index (χ2n) is 6.45. The van der Waals surface area contributed by atoms with Gasteiger partial charge in [-0.1, -0.05) is 38.1 Å². The molecule has 2 fully saturated rings. The van der Waals surface area contributed by atoms with E-state index in [-0.39, 0.29) is 0 Å². The lowest BCUT2D eigenvalue weighted by molar-refractivity contribution is 0.255. The molecule has 2 unspecified atom stereocenters. The molecule has 0 radical (unpaired) electrons. The molecule has 1 aliphatic heterocycles. The van der Waals surface area contributed by atoms with Gasteiger partial charge in [-0.2, -0.15) is 0 Å². The Bertz CT molecular complexity index is 406. The first-order chi connectivity index (χ1) is 8.75. The van der Waals surface area contributed by atoms with E-state index in [1.807, 2.05) is 0 Å². The molecule has 1 saturated carbocycles. The van der Waals surface area contributed by atoms with Crippen LogP contribution in [0.2, 0.25) is 0 Å². The van der Waals surface area contributed by atoms with Crippen molar-refractivity contribution in [3.63, 3.8) is 0 Å². The summed E-state index contributed by atoms with van der Waals surface area (Å²) in [4.78, 5) is 0. The van der Waals surface area contributed by atoms with E-state index in [9.17, 15) is 0 Å². The largest absolute Gasteiger partial charge is 0.316 e. The second kappa shape index (κ2) is 5.05. The predicted octanol–water partition coefficient (Wildman–Crippen LogP) is 3.91. The molecule has 1 saturated heterocycles. The van der Waals surface area contributed by atoms with Crippen LogP contribution in [-0.4, -0.2) is 13.1 Å². The lowest BCUT2D eigenvalue weighted by Crippen LogP contribution is -2.38. The molecule has 3 rings (SSSR count). The molecule has 98 valence electrons. The number of hydrogen-bond donors (Lipinski definition) is 1. The minimum absolute atomic E-state index is 0.768. The van der Waals surface area contributed by atoms with Gasteiger partial charge in [-0.3, -0.25) is 0 Å². The van der Waals surface area contributed by atoms with Gasteiger partial charge < -0.3 is 5.32 Å². The fourth-order valence-corrected chi connectivity index (χ4v) is 3.46. The van der Waals surface area contributed by atoms with E-state index in [0.29, 0.717) is 0 Å². The van der Waals surface area contributed by atoms with Crippen molar-refractivity contribution >= 4 is 0 Å². The third-order valence-electron chi connectivity index (χ3n) is 4.77. The van der Waals surface area contributed by atoms with Crippen LogP contribution in [0.3, 0.4) is 0 Å². The first-order valence-corrected chi connectivity index (χ1v) is 7.56. The molecule has 18 heavy (non-hydrogen) atoms. The van der Waals surface area contributed by atoms with Crippen molar-refractivity contribution in [1.29, 1.82) is 0 Å². The lowest BCUT2D eigenvalue weighted by Gasteiger charge is -2.35. The first kappa shape index (κ1) is 12.2. The maximum absolute atomic E-state index is 3.57. The molecule has 1 aromatic carbocycles. The monoisotopic (exact) mass is 243 g/mol. The van der Waals surface area contributed by atoms with Crippen LogP contribution in [0.25, 0.3) is 0 Å². The summed E-state index contributed by atoms with van der Waals surface area (Å²) in [7, 11) is 0. The minimum atomic E-state index is 0.768. The number of benzene rings is 1. The van der Waals surface area contributed by atoms with Gasteiger partial charge in [-0.25, -0.2) is 0 Å². The molecule has 1 aliphatic carbocycles. The highest BCUT2D eigenvalue weighted by Crippen LogP contribution is 2.42. The molecule has 1 aromatic rings. The Hall–Kier alpha value is -0.820. The molecule has 1 nitrogen and oxygen atoms in total. The van der Waals surface area contributed by atoms with Gasteiger partial charge in [0.25, 0.3) is 0 Å². The second-order valence-corrected chi connectivity index (χ2v) is 6.45. The van der Waals surface area contributed by atoms with E-state index in [1.165, 1.54) is 32.4 Å². The van der Waals surface area contributed by atoms with Gasteiger partial charge in [0.05, 0.1) is 0 Å². The molecule has 0 spiro atoms. The number of piperidine rings is 1. The first-order valence-electron chi connectivity index (χ1n) is 7.56. The Morgan fingerprint density at radius 3 is 2.61 bits per heavy atom. The maximum Gasteiger partial charge on any atom is -0.00122 e. The van der Waals surface area contributed by atoms with Crippen LogP contribution in [0, 0.1) is 11.8 Å². The van der Waals surface area contributed by atoms with E-state index in [4.69, 9.17) is 0 Å². The number of rotatable bonds is 3. The summed E-state index contributed by atoms with van der Waals surface area (Å²) in [6.07, 6.45) is 4.11. The van der Waals surface area contributed by atoms with Crippen molar-refractivity contribution in [1.82, 2.24) is 5.32 Å². The van der Waals surface area contributed by atoms with Crippen LogP contribution in [0.5, 0.6) is 0 Å². The highest BCUT2D eigenvalue weighted by Gasteiger charge is 2.30. The molecule has 1 heterocycles. The average Bonchev–Trinajstić information content (AvgIpc) is 3.23. The topological polar surface area (TPSA) is 12.0 Å². The third kappa shape index (κ3) is 2.47. The molecular formula is C17H25N. The van der Waals surface area contributed by atoms with Crippen molar-refractivity contribution in [2.45, 2.75) is 44.9 Å². The Balaban J connectivity index is 1.84. The molecular weight excluding hydrogens is 218 g/mol. The van der Waals surface area contributed by atoms with Crippen LogP contribution in [-0.2, 0) is 0 Å². The zero-order valence-corrected chi connectivity index (χ0v) is 11.7. The Labute approximate surface area is 111 Å². The van der Waals surface area contributed by atoms with Crippen molar-refractivity contribution in [2.24, 2.45) is 11.8 Å². The van der Waals surface area contributed by atoms with Crippen LogP contribution < -0.4 is 5.32 Å². The van der Waals surface area contributed by atoms with Gasteiger partial charge >= 0.3 is 0 Å². The smallest absolute Gasteiger partial charge is 0.00122 e. The predicted molar refractivity (Wildman–Crippen MR) is 77.0 cm³/mol. The molecule has 1 heteroatoms. The van der Waals surface area contributed by atoms with Crippen LogP contribution in [0.4, 0.5) is 0 Å². The van der Waals surface area contributed by atoms with E-state index in [2.05, 4.69) is 43.4 Å². The van der Waals surface area contributed by atoms with Crippen LogP contribution in [0.15, 0.2) is 24.3 Å². The van der Waals surface area contributed by atoms with Gasteiger partial charge in [0.1, 0.15) is 0 Å². The summed E-state index contributed by atoms with van der Waals surface area (Å²) in [5.74, 6) is 3.22. The highest BCUT2D eigenvalue weighted by atomic mass is 14.9. The molecule has 1 N–H and O–H groups in total. The molecule has 0 amide bonds. The molecule has 2 aliphatic rings. The zero-order valence-electron chi connectivity index (χ0n) is 11.7. The van der Waals surface area contributed by atoms with Crippen molar-refractivity contribution in [3.8, 4) is 0 Å². The summed E-state index contributed by atoms with van der Waals surface area (Å²) in [5, 5.41) is 3.57. The van der Waals surface area contributed by atoms with Gasteiger partial charge in [0.2, 0.25) is 0 Å². The normalized spacial score (nSPS) is 28.6. The summed E-state index contributed by atoms with van der Waals surface area (Å²) in [5.41, 5.74) is 3.19. The third-order valence-corrected chi connectivity index (χ3v) is 4.77. The molecule has 0 bridgehead atoms. The van der Waals surface area contributed by atoms with Gasteiger partial charge in [-0.05, 0) is 67.2 Å². The van der Waals surface area contributed by atoms with E-state index < -0.39 is 0 Å². The summed E-state index contributed by atoms with van der Waals surface area (Å²) in [6.45, 7) is 7.11. The van der Waals surface area contributed by atoms with Crippen LogP contribution in [0.1, 0.15) is 56.1 Å². The maximum atomic E-state index is 3.57. The minimum Gasteiger partial charge on any atom is -0.316 e. The Kier molecular flexibility index (Phi) is 3.43. The molecule has 0 aromatic heterocycles. The highest BCUT2D eigenvalue weighted by molar-refractivity contribution is 5.32. The zero-order chi connectivity index (χ0) is 12.5. The van der Waals surface area contributed by atoms with Crippen molar-refractivity contribution in [3.05, 3.63) is 35.4 Å². The number of nitrogens with one attached hydrogen (secondary N) is 1.